The number of carbonyl (C=O) groups is 3. The Morgan fingerprint density at radius 3 is 2.08 bits per heavy atom. The third kappa shape index (κ3) is 11.7. The molecule has 4 N–H and O–H groups in total. The standard InChI is InChI=1S/C25H33N5O3.C2HF3O2/c1-2-13-26-23(31)19-29-15-17-30(18-16-29)25(27-14-12-20-6-4-3-5-7-20)28-22-10-8-21(9-11-22)24(32)33;3-2(4,5)1(6)7/h3-11H,2,12-19H2,1H3,(H,26,31)(H,27,28)(H,32,33);(H,6,7). The fraction of sp³-hybridized carbons (Fsp3) is 0.407. The number of nitrogens with one attached hydrogen (secondary N) is 2. The number of anilines is 1. The van der Waals surface area contributed by atoms with Gasteiger partial charge in [-0.05, 0) is 42.7 Å². The van der Waals surface area contributed by atoms with Gasteiger partial charge in [0.15, 0.2) is 5.96 Å². The molecule has 0 saturated carbocycles. The van der Waals surface area contributed by atoms with Crippen LogP contribution in [0.2, 0.25) is 0 Å². The van der Waals surface area contributed by atoms with Crippen molar-refractivity contribution in [1.29, 1.82) is 0 Å². The summed E-state index contributed by atoms with van der Waals surface area (Å²) in [6, 6.07) is 16.9. The Morgan fingerprint density at radius 2 is 1.55 bits per heavy atom. The predicted octanol–water partition coefficient (Wildman–Crippen LogP) is 3.17. The molecule has 1 aliphatic heterocycles. The number of hydrogen-bond acceptors (Lipinski definition) is 5. The molecule has 2 aromatic carbocycles. The molecule has 2 aromatic rings. The minimum atomic E-state index is -5.08. The number of carbonyl (C=O) groups excluding carboxylic acids is 1. The van der Waals surface area contributed by atoms with Crippen LogP contribution in [0.4, 0.5) is 18.9 Å². The molecule has 1 heterocycles. The summed E-state index contributed by atoms with van der Waals surface area (Å²) in [6.07, 6.45) is -3.32. The van der Waals surface area contributed by atoms with Gasteiger partial charge in [-0.15, -0.1) is 0 Å². The molecule has 0 atom stereocenters. The number of nitrogens with zero attached hydrogens (tertiary/aromatic N) is 3. The largest absolute Gasteiger partial charge is 0.490 e. The van der Waals surface area contributed by atoms with Crippen LogP contribution >= 0.6 is 0 Å². The number of benzene rings is 2. The lowest BCUT2D eigenvalue weighted by molar-refractivity contribution is -0.192. The maximum absolute atomic E-state index is 12.0. The molecule has 10 nitrogen and oxygen atoms in total. The third-order valence-electron chi connectivity index (χ3n) is 5.75. The van der Waals surface area contributed by atoms with Crippen LogP contribution in [-0.4, -0.2) is 95.8 Å². The highest BCUT2D eigenvalue weighted by Crippen LogP contribution is 2.14. The summed E-state index contributed by atoms with van der Waals surface area (Å²) in [7, 11) is 0. The van der Waals surface area contributed by atoms with E-state index in [1.165, 1.54) is 5.56 Å². The number of alkyl halides is 3. The predicted molar refractivity (Wildman–Crippen MR) is 144 cm³/mol. The third-order valence-corrected chi connectivity index (χ3v) is 5.75. The monoisotopic (exact) mass is 565 g/mol. The number of carboxylic acids is 2. The lowest BCUT2D eigenvalue weighted by atomic mass is 10.2. The van der Waals surface area contributed by atoms with Gasteiger partial charge in [0.1, 0.15) is 0 Å². The molecule has 0 bridgehead atoms. The van der Waals surface area contributed by atoms with E-state index in [1.54, 1.807) is 24.3 Å². The molecular formula is C27H34F3N5O5. The zero-order chi connectivity index (χ0) is 29.5. The Balaban J connectivity index is 0.000000708. The Kier molecular flexibility index (Phi) is 12.9. The smallest absolute Gasteiger partial charge is 0.478 e. The number of aliphatic imine (C=N–C) groups is 1. The quantitative estimate of drug-likeness (QED) is 0.269. The highest BCUT2D eigenvalue weighted by Gasteiger charge is 2.38. The molecule has 1 aliphatic rings. The Bertz CT molecular complexity index is 1120. The number of carboxylic acid groups (broad SMARTS) is 2. The van der Waals surface area contributed by atoms with Gasteiger partial charge in [0, 0.05) is 45.0 Å². The lowest BCUT2D eigenvalue weighted by Gasteiger charge is -2.36. The summed E-state index contributed by atoms with van der Waals surface area (Å²) in [5, 5.41) is 22.6. The molecule has 0 unspecified atom stereocenters. The van der Waals surface area contributed by atoms with Gasteiger partial charge in [0.25, 0.3) is 0 Å². The van der Waals surface area contributed by atoms with E-state index in [2.05, 4.69) is 32.6 Å². The molecule has 1 fully saturated rings. The van der Waals surface area contributed by atoms with Crippen LogP contribution in [-0.2, 0) is 16.0 Å². The van der Waals surface area contributed by atoms with E-state index in [4.69, 9.17) is 20.0 Å². The molecule has 13 heteroatoms. The van der Waals surface area contributed by atoms with Gasteiger partial charge >= 0.3 is 18.1 Å². The number of rotatable bonds is 9. The maximum Gasteiger partial charge on any atom is 0.490 e. The minimum absolute atomic E-state index is 0.0682. The lowest BCUT2D eigenvalue weighted by Crippen LogP contribution is -2.52. The Labute approximate surface area is 230 Å². The first kappa shape index (κ1) is 32.1. The number of hydrogen-bond donors (Lipinski definition) is 4. The van der Waals surface area contributed by atoms with Crippen LogP contribution in [0.25, 0.3) is 0 Å². The van der Waals surface area contributed by atoms with Crippen molar-refractivity contribution in [3.05, 3.63) is 65.7 Å². The second-order valence-corrected chi connectivity index (χ2v) is 8.86. The fourth-order valence-corrected chi connectivity index (χ4v) is 3.62. The first-order valence-electron chi connectivity index (χ1n) is 12.7. The van der Waals surface area contributed by atoms with Crippen molar-refractivity contribution >= 4 is 29.5 Å². The number of aromatic carboxylic acids is 1. The number of amides is 1. The summed E-state index contributed by atoms with van der Waals surface area (Å²) in [4.78, 5) is 41.3. The van der Waals surface area contributed by atoms with Gasteiger partial charge in [-0.25, -0.2) is 9.59 Å². The molecular weight excluding hydrogens is 531 g/mol. The first-order valence-corrected chi connectivity index (χ1v) is 12.7. The maximum atomic E-state index is 12.0. The van der Waals surface area contributed by atoms with Gasteiger partial charge in [-0.1, -0.05) is 37.3 Å². The van der Waals surface area contributed by atoms with E-state index in [0.29, 0.717) is 19.6 Å². The van der Waals surface area contributed by atoms with Crippen molar-refractivity contribution in [1.82, 2.24) is 15.1 Å². The number of guanidine groups is 1. The summed E-state index contributed by atoms with van der Waals surface area (Å²) in [5.41, 5.74) is 2.27. The van der Waals surface area contributed by atoms with Gasteiger partial charge in [-0.3, -0.25) is 14.7 Å². The van der Waals surface area contributed by atoms with E-state index < -0.39 is 18.1 Å². The normalized spacial score (nSPS) is 14.1. The van der Waals surface area contributed by atoms with Crippen molar-refractivity contribution in [2.75, 3.05) is 51.1 Å². The summed E-state index contributed by atoms with van der Waals surface area (Å²) in [5.74, 6) is -2.87. The molecule has 0 aliphatic carbocycles. The van der Waals surface area contributed by atoms with Crippen molar-refractivity contribution < 1.29 is 37.8 Å². The van der Waals surface area contributed by atoms with Crippen molar-refractivity contribution in [2.24, 2.45) is 4.99 Å². The first-order chi connectivity index (χ1) is 19.0. The van der Waals surface area contributed by atoms with Crippen LogP contribution in [0, 0.1) is 0 Å². The van der Waals surface area contributed by atoms with Crippen molar-refractivity contribution in [3.63, 3.8) is 0 Å². The van der Waals surface area contributed by atoms with Crippen LogP contribution in [0.5, 0.6) is 0 Å². The van der Waals surface area contributed by atoms with Gasteiger partial charge in [-0.2, -0.15) is 13.2 Å². The molecule has 0 radical (unpaired) electrons. The number of piperazine rings is 1. The van der Waals surface area contributed by atoms with Crippen LogP contribution in [0.3, 0.4) is 0 Å². The van der Waals surface area contributed by atoms with E-state index >= 15 is 0 Å². The van der Waals surface area contributed by atoms with Crippen LogP contribution in [0.15, 0.2) is 59.6 Å². The molecule has 0 aromatic heterocycles. The Morgan fingerprint density at radius 1 is 0.950 bits per heavy atom. The van der Waals surface area contributed by atoms with Gasteiger partial charge < -0.3 is 25.7 Å². The zero-order valence-electron chi connectivity index (χ0n) is 22.2. The van der Waals surface area contributed by atoms with E-state index in [1.807, 2.05) is 25.1 Å². The zero-order valence-corrected chi connectivity index (χ0v) is 22.2. The van der Waals surface area contributed by atoms with Crippen molar-refractivity contribution in [3.8, 4) is 0 Å². The molecule has 3 rings (SSSR count). The highest BCUT2D eigenvalue weighted by molar-refractivity contribution is 5.94. The second kappa shape index (κ2) is 16.1. The average Bonchev–Trinajstić information content (AvgIpc) is 2.92. The topological polar surface area (TPSA) is 135 Å². The fourth-order valence-electron chi connectivity index (χ4n) is 3.62. The minimum Gasteiger partial charge on any atom is -0.478 e. The number of halogens is 3. The van der Waals surface area contributed by atoms with Crippen molar-refractivity contribution in [2.45, 2.75) is 25.9 Å². The van der Waals surface area contributed by atoms with Gasteiger partial charge in [0.2, 0.25) is 5.91 Å². The molecule has 218 valence electrons. The Hall–Kier alpha value is -4.13. The molecule has 0 spiro atoms. The summed E-state index contributed by atoms with van der Waals surface area (Å²) >= 11 is 0. The van der Waals surface area contributed by atoms with E-state index in [-0.39, 0.29) is 11.5 Å². The van der Waals surface area contributed by atoms with E-state index in [9.17, 15) is 22.8 Å². The summed E-state index contributed by atoms with van der Waals surface area (Å²) in [6.45, 7) is 6.86. The highest BCUT2D eigenvalue weighted by atomic mass is 19.4. The molecule has 1 saturated heterocycles. The van der Waals surface area contributed by atoms with Gasteiger partial charge in [0.05, 0.1) is 12.1 Å². The SMILES string of the molecule is CCCNC(=O)CN1CCN(C(=NCCc2ccccc2)Nc2ccc(C(=O)O)cc2)CC1.O=C(O)C(F)(F)F. The number of aliphatic carboxylic acids is 1. The molecule has 1 amide bonds. The second-order valence-electron chi connectivity index (χ2n) is 8.86. The van der Waals surface area contributed by atoms with Crippen LogP contribution in [0.1, 0.15) is 29.3 Å². The summed E-state index contributed by atoms with van der Waals surface area (Å²) < 4.78 is 31.7. The molecule has 40 heavy (non-hydrogen) atoms. The average molecular weight is 566 g/mol. The van der Waals surface area contributed by atoms with Crippen LogP contribution < -0.4 is 10.6 Å². The van der Waals surface area contributed by atoms with E-state index in [0.717, 1.165) is 50.7 Å².